The number of rotatable bonds is 6. The lowest BCUT2D eigenvalue weighted by molar-refractivity contribution is -0.293. The second kappa shape index (κ2) is 17.8. The number of methoxy groups -OCH3 is 1. The Hall–Kier alpha value is -0.783. The van der Waals surface area contributed by atoms with Crippen LogP contribution in [0.2, 0.25) is 18.1 Å². The SMILES string of the molecule is C=C1C[C@@H]2CCCC[C@@]34C[C@@H]5O[C@H]6C(O3)[C@H]3OC(CC[C@@H]3O[C@H]6C5O4)CC(O)C[C@H]3[C@H](C[C@H]4O[C@@H](CCC1O2)C[C@@H](C)C4=C)OC(C[C@@H](CN)O[Si](C)(C)C(C)(C)C)[C@@H]3OC. The topological polar surface area (TPSA) is 139 Å². The summed E-state index contributed by atoms with van der Waals surface area (Å²) < 4.78 is 68.3. The predicted octanol–water partition coefficient (Wildman–Crippen LogP) is 7.04. The van der Waals surface area contributed by atoms with Gasteiger partial charge in [0.2, 0.25) is 0 Å². The van der Waals surface area contributed by atoms with Crippen LogP contribution in [-0.2, 0) is 47.1 Å². The van der Waals surface area contributed by atoms with Crippen LogP contribution >= 0.6 is 0 Å². The predicted molar refractivity (Wildman–Crippen MR) is 233 cm³/mol. The number of hydrogen-bond acceptors (Lipinski definition) is 12. The van der Waals surface area contributed by atoms with Crippen LogP contribution in [0.5, 0.6) is 0 Å². The van der Waals surface area contributed by atoms with Gasteiger partial charge in [-0.1, -0.05) is 47.3 Å². The highest BCUT2D eigenvalue weighted by Gasteiger charge is 2.68. The summed E-state index contributed by atoms with van der Waals surface area (Å²) in [7, 11) is -0.335. The molecule has 10 saturated heterocycles. The van der Waals surface area contributed by atoms with Crippen molar-refractivity contribution < 1.29 is 52.2 Å². The molecule has 0 amide bonds. The molecule has 0 aromatic heterocycles. The number of hydrogen-bond donors (Lipinski definition) is 2. The van der Waals surface area contributed by atoms with Gasteiger partial charge in [0.05, 0.1) is 73.2 Å². The number of ether oxygens (including phenoxy) is 9. The van der Waals surface area contributed by atoms with Crippen LogP contribution in [0.1, 0.15) is 124 Å². The molecule has 0 aromatic rings. The summed E-state index contributed by atoms with van der Waals surface area (Å²) in [6, 6.07) is 0. The van der Waals surface area contributed by atoms with E-state index in [1.54, 1.807) is 7.11 Å². The Morgan fingerprint density at radius 1 is 0.787 bits per heavy atom. The van der Waals surface area contributed by atoms with Gasteiger partial charge in [0.15, 0.2) is 14.1 Å². The van der Waals surface area contributed by atoms with Gasteiger partial charge in [0.25, 0.3) is 0 Å². The molecule has 1 spiro atoms. The van der Waals surface area contributed by atoms with E-state index in [0.29, 0.717) is 38.1 Å². The molecular weight excluding hydrogens is 795 g/mol. The summed E-state index contributed by atoms with van der Waals surface area (Å²) >= 11 is 0. The van der Waals surface area contributed by atoms with E-state index in [0.717, 1.165) is 76.2 Å². The third-order valence-electron chi connectivity index (χ3n) is 16.9. The number of nitrogens with two attached hydrogens (primary N) is 1. The molecule has 3 N–H and O–H groups in total. The molecule has 10 fully saturated rings. The minimum atomic E-state index is -2.11. The first-order valence-corrected chi connectivity index (χ1v) is 27.2. The largest absolute Gasteiger partial charge is 0.413 e. The summed E-state index contributed by atoms with van der Waals surface area (Å²) in [5.41, 5.74) is 8.75. The van der Waals surface area contributed by atoms with Gasteiger partial charge in [0, 0.05) is 45.3 Å². The average Bonchev–Trinajstić information content (AvgIpc) is 3.88. The van der Waals surface area contributed by atoms with Crippen LogP contribution in [0.3, 0.4) is 0 Å². The monoisotopic (exact) mass is 874 g/mol. The maximum Gasteiger partial charge on any atom is 0.192 e. The van der Waals surface area contributed by atoms with Crippen LogP contribution in [0.15, 0.2) is 24.3 Å². The molecule has 6 unspecified atom stereocenters. The van der Waals surface area contributed by atoms with E-state index in [2.05, 4.69) is 53.9 Å². The molecule has 0 aromatic carbocycles. The van der Waals surface area contributed by atoms with Gasteiger partial charge in [0.1, 0.15) is 30.5 Å². The first kappa shape index (κ1) is 45.4. The third kappa shape index (κ3) is 9.07. The maximum atomic E-state index is 12.1. The Labute approximate surface area is 366 Å². The zero-order valence-corrected chi connectivity index (χ0v) is 39.3. The zero-order valence-electron chi connectivity index (χ0n) is 38.3. The summed E-state index contributed by atoms with van der Waals surface area (Å²) in [6.45, 7) is 23.1. The molecule has 13 heteroatoms. The molecule has 0 aliphatic carbocycles. The zero-order chi connectivity index (χ0) is 43.0. The standard InChI is InChI=1S/C48H79NO11Si/c1-26-18-31-13-15-35-27(2)19-30(52-35)12-10-11-17-48-24-40-43(58-48)44-45(57-40)46(59-48)42-36(56-44)16-14-32(54-42)20-29(50)21-34-38(23-37(53-31)28(26)3)55-39(41(34)51-7)22-33(25-49)60-61(8,9)47(4,5)6/h26,29-46,50H,2-3,10-25,49H2,1,4-9H3/t26-,29?,30+,31+,32?,33+,34+,35?,36+,37-,38+,39?,40+,41-,42+,43?,44+,45-,46?,48+/m1/s1. The van der Waals surface area contributed by atoms with Crippen molar-refractivity contribution in [3.8, 4) is 0 Å². The summed E-state index contributed by atoms with van der Waals surface area (Å²) in [5.74, 6) is -0.472. The minimum absolute atomic E-state index is 0.0239. The fraction of sp³-hybridized carbons (Fsp3) is 0.917. The Balaban J connectivity index is 0.968. The third-order valence-corrected chi connectivity index (χ3v) is 21.4. The van der Waals surface area contributed by atoms with Gasteiger partial charge in [-0.2, -0.15) is 0 Å². The average molecular weight is 874 g/mol. The van der Waals surface area contributed by atoms with Crippen LogP contribution in [-0.4, -0.2) is 137 Å². The lowest BCUT2D eigenvalue weighted by atomic mass is 9.81. The van der Waals surface area contributed by atoms with E-state index >= 15 is 0 Å². The second-order valence-corrected chi connectivity index (χ2v) is 26.9. The Bertz CT molecular complexity index is 1580. The fourth-order valence-electron chi connectivity index (χ4n) is 12.5. The van der Waals surface area contributed by atoms with Crippen LogP contribution < -0.4 is 5.73 Å². The highest BCUT2D eigenvalue weighted by molar-refractivity contribution is 6.74. The summed E-state index contributed by atoms with van der Waals surface area (Å²) in [6.07, 6.45) is 9.42. The summed E-state index contributed by atoms with van der Waals surface area (Å²) in [5, 5.41) is 12.1. The van der Waals surface area contributed by atoms with Crippen LogP contribution in [0.25, 0.3) is 0 Å². The van der Waals surface area contributed by atoms with Crippen molar-refractivity contribution in [2.45, 2.75) is 252 Å². The molecule has 12 bridgehead atoms. The molecule has 0 saturated carbocycles. The Morgan fingerprint density at radius 3 is 2.28 bits per heavy atom. The van der Waals surface area contributed by atoms with Crippen molar-refractivity contribution >= 4 is 8.32 Å². The van der Waals surface area contributed by atoms with E-state index in [1.165, 1.54) is 5.57 Å². The van der Waals surface area contributed by atoms with E-state index in [-0.39, 0.29) is 109 Å². The molecular formula is C48H79NO11Si. The lowest BCUT2D eigenvalue weighted by Gasteiger charge is -2.47. The van der Waals surface area contributed by atoms with Gasteiger partial charge in [-0.3, -0.25) is 0 Å². The molecule has 346 valence electrons. The highest BCUT2D eigenvalue weighted by Crippen LogP contribution is 2.54. The molecule has 61 heavy (non-hydrogen) atoms. The Morgan fingerprint density at radius 2 is 1.51 bits per heavy atom. The first-order valence-electron chi connectivity index (χ1n) is 24.3. The molecule has 10 heterocycles. The van der Waals surface area contributed by atoms with E-state index in [1.807, 2.05) is 0 Å². The van der Waals surface area contributed by atoms with E-state index in [4.69, 9.17) is 52.8 Å². The van der Waals surface area contributed by atoms with Gasteiger partial charge in [-0.15, -0.1) is 0 Å². The normalized spacial score (nSPS) is 48.6. The summed E-state index contributed by atoms with van der Waals surface area (Å²) in [4.78, 5) is 0. The number of fused-ring (bicyclic) bond motifs is 6. The smallest absolute Gasteiger partial charge is 0.192 e. The van der Waals surface area contributed by atoms with Crippen molar-refractivity contribution in [1.29, 1.82) is 0 Å². The van der Waals surface area contributed by atoms with Gasteiger partial charge < -0.3 is 57.9 Å². The van der Waals surface area contributed by atoms with Crippen molar-refractivity contribution in [3.63, 3.8) is 0 Å². The quantitative estimate of drug-likeness (QED) is 0.209. The molecule has 20 atom stereocenters. The van der Waals surface area contributed by atoms with Crippen molar-refractivity contribution in [2.75, 3.05) is 13.7 Å². The van der Waals surface area contributed by atoms with Crippen LogP contribution in [0, 0.1) is 11.8 Å². The molecule has 12 nitrogen and oxygen atoms in total. The van der Waals surface area contributed by atoms with Gasteiger partial charge >= 0.3 is 0 Å². The Kier molecular flexibility index (Phi) is 13.2. The second-order valence-electron chi connectivity index (χ2n) is 22.2. The molecule has 10 rings (SSSR count). The highest BCUT2D eigenvalue weighted by atomic mass is 28.4. The van der Waals surface area contributed by atoms with Crippen molar-refractivity contribution in [1.82, 2.24) is 0 Å². The van der Waals surface area contributed by atoms with Gasteiger partial charge in [-0.25, -0.2) is 0 Å². The molecule has 0 radical (unpaired) electrons. The van der Waals surface area contributed by atoms with E-state index in [9.17, 15) is 5.11 Å². The molecule has 10 aliphatic rings. The maximum absolute atomic E-state index is 12.1. The number of aliphatic hydroxyl groups is 1. The minimum Gasteiger partial charge on any atom is -0.413 e. The van der Waals surface area contributed by atoms with Crippen molar-refractivity contribution in [2.24, 2.45) is 17.6 Å². The fourth-order valence-corrected chi connectivity index (χ4v) is 13.9. The number of aliphatic hydroxyl groups excluding tert-OH is 1. The van der Waals surface area contributed by atoms with E-state index < -0.39 is 20.2 Å². The lowest BCUT2D eigenvalue weighted by Crippen LogP contribution is -2.61. The van der Waals surface area contributed by atoms with Crippen LogP contribution in [0.4, 0.5) is 0 Å². The van der Waals surface area contributed by atoms with Gasteiger partial charge in [-0.05, 0) is 99.4 Å². The first-order chi connectivity index (χ1) is 29.0. The van der Waals surface area contributed by atoms with Crippen molar-refractivity contribution in [3.05, 3.63) is 24.3 Å². The molecule has 10 aliphatic heterocycles.